The SMILES string of the molecule is COCCC1CN(C2=Nc3ccc(F)cc3NC3=C2[C@H](C(CC(=O)[O-])C(=O)[O-])C(C2CC2)(C(F)(F)F)C=C3)CCN1. The summed E-state index contributed by atoms with van der Waals surface area (Å²) >= 11 is 0. The number of carbonyl (C=O) groups excluding carboxylic acids is 2. The molecular formula is C28H30F4N4O5-2. The monoisotopic (exact) mass is 578 g/mol. The van der Waals surface area contributed by atoms with Crippen molar-refractivity contribution in [2.75, 3.05) is 38.7 Å². The molecule has 0 radical (unpaired) electrons. The zero-order chi connectivity index (χ0) is 29.5. The highest BCUT2D eigenvalue weighted by Gasteiger charge is 2.68. The van der Waals surface area contributed by atoms with Crippen LogP contribution in [-0.2, 0) is 14.3 Å². The molecule has 0 bridgehead atoms. The summed E-state index contributed by atoms with van der Waals surface area (Å²) in [4.78, 5) is 30.7. The molecule has 3 unspecified atom stereocenters. The van der Waals surface area contributed by atoms with Gasteiger partial charge in [-0.25, -0.2) is 9.38 Å². The highest BCUT2D eigenvalue weighted by atomic mass is 19.4. The minimum Gasteiger partial charge on any atom is -0.550 e. The Labute approximate surface area is 233 Å². The van der Waals surface area contributed by atoms with Gasteiger partial charge >= 0.3 is 6.18 Å². The topological polar surface area (TPSA) is 129 Å². The molecule has 1 saturated heterocycles. The molecule has 13 heteroatoms. The average Bonchev–Trinajstić information content (AvgIpc) is 3.76. The van der Waals surface area contributed by atoms with E-state index in [9.17, 15) is 24.2 Å². The summed E-state index contributed by atoms with van der Waals surface area (Å²) in [5, 5.41) is 30.6. The van der Waals surface area contributed by atoms with Gasteiger partial charge in [-0.05, 0) is 55.9 Å². The molecule has 2 aliphatic carbocycles. The van der Waals surface area contributed by atoms with Crippen molar-refractivity contribution < 1.29 is 42.1 Å². The quantitative estimate of drug-likeness (QED) is 0.444. The Morgan fingerprint density at radius 2 is 2.02 bits per heavy atom. The second kappa shape index (κ2) is 11.1. The molecule has 1 aromatic rings. The van der Waals surface area contributed by atoms with Gasteiger partial charge in [0.15, 0.2) is 0 Å². The van der Waals surface area contributed by atoms with Gasteiger partial charge in [-0.3, -0.25) is 0 Å². The number of carboxylic acids is 2. The molecule has 41 heavy (non-hydrogen) atoms. The number of amidine groups is 1. The van der Waals surface area contributed by atoms with Crippen LogP contribution >= 0.6 is 0 Å². The smallest absolute Gasteiger partial charge is 0.398 e. The second-order valence-corrected chi connectivity index (χ2v) is 10.9. The number of carbonyl (C=O) groups is 2. The molecule has 2 fully saturated rings. The molecule has 5 rings (SSSR count). The minimum atomic E-state index is -4.94. The Kier molecular flexibility index (Phi) is 7.86. The number of nitrogens with one attached hydrogen (secondary N) is 2. The number of halogens is 4. The van der Waals surface area contributed by atoms with Gasteiger partial charge in [-0.2, -0.15) is 13.2 Å². The van der Waals surface area contributed by atoms with Crippen LogP contribution in [0.4, 0.5) is 28.9 Å². The van der Waals surface area contributed by atoms with Crippen LogP contribution in [0, 0.1) is 29.0 Å². The molecule has 0 amide bonds. The lowest BCUT2D eigenvalue weighted by molar-refractivity contribution is -0.325. The third-order valence-electron chi connectivity index (χ3n) is 8.40. The van der Waals surface area contributed by atoms with Crippen LogP contribution < -0.4 is 20.8 Å². The number of aliphatic imine (C=N–C) groups is 1. The maximum Gasteiger partial charge on any atom is 0.398 e. The summed E-state index contributed by atoms with van der Waals surface area (Å²) < 4.78 is 65.2. The first-order valence-electron chi connectivity index (χ1n) is 13.5. The van der Waals surface area contributed by atoms with Crippen molar-refractivity contribution in [1.82, 2.24) is 10.2 Å². The Hall–Kier alpha value is -3.45. The maximum atomic E-state index is 15.2. The summed E-state index contributed by atoms with van der Waals surface area (Å²) in [6.07, 6.45) is -2.98. The van der Waals surface area contributed by atoms with Crippen LogP contribution in [0.2, 0.25) is 0 Å². The van der Waals surface area contributed by atoms with Gasteiger partial charge in [0.1, 0.15) is 11.7 Å². The Morgan fingerprint density at radius 1 is 1.27 bits per heavy atom. The standard InChI is InChI=1S/C28H32F4N4O5/c1-41-11-7-17-14-36(10-9-33-17)25-23-20(34-21-12-16(29)4-5-19(21)35-25)6-8-27(15-2-3-15,28(30,31)32)24(23)18(26(39)40)13-22(37)38/h4-6,8,12,15,17-18,24,33-34H,2-3,7,9-11,13-14H2,1H3,(H,37,38)(H,39,40)/p-2/t17?,18?,24-,27?/m0/s1. The van der Waals surface area contributed by atoms with Crippen LogP contribution in [0.3, 0.4) is 0 Å². The van der Waals surface area contributed by atoms with E-state index in [0.29, 0.717) is 32.7 Å². The van der Waals surface area contributed by atoms with E-state index in [4.69, 9.17) is 9.73 Å². The number of fused-ring (bicyclic) bond motifs is 1. The first-order chi connectivity index (χ1) is 19.5. The third-order valence-corrected chi connectivity index (χ3v) is 8.40. The average molecular weight is 579 g/mol. The predicted molar refractivity (Wildman–Crippen MR) is 136 cm³/mol. The highest BCUT2D eigenvalue weighted by Crippen LogP contribution is 2.65. The number of methoxy groups -OCH3 is 1. The molecule has 2 N–H and O–H groups in total. The molecule has 9 nitrogen and oxygen atoms in total. The molecule has 0 aromatic heterocycles. The first kappa shape index (κ1) is 29.1. The fourth-order valence-electron chi connectivity index (χ4n) is 6.43. The summed E-state index contributed by atoms with van der Waals surface area (Å²) in [5.41, 5.74) is -2.27. The van der Waals surface area contributed by atoms with Gasteiger partial charge in [0.2, 0.25) is 0 Å². The van der Waals surface area contributed by atoms with Gasteiger partial charge in [0.05, 0.1) is 16.8 Å². The van der Waals surface area contributed by atoms with Crippen LogP contribution in [-0.4, -0.2) is 68.2 Å². The number of nitrogens with zero attached hydrogens (tertiary/aromatic N) is 2. The van der Waals surface area contributed by atoms with Crippen molar-refractivity contribution in [1.29, 1.82) is 0 Å². The summed E-state index contributed by atoms with van der Waals surface area (Å²) in [6, 6.07) is 3.59. The van der Waals surface area contributed by atoms with Crippen molar-refractivity contribution in [2.24, 2.45) is 28.2 Å². The number of hydrogen-bond acceptors (Lipinski definition) is 9. The number of rotatable bonds is 8. The largest absolute Gasteiger partial charge is 0.550 e. The van der Waals surface area contributed by atoms with Crippen molar-refractivity contribution in [3.63, 3.8) is 0 Å². The van der Waals surface area contributed by atoms with Gasteiger partial charge in [0, 0.05) is 74.4 Å². The van der Waals surface area contributed by atoms with Crippen LogP contribution in [0.25, 0.3) is 0 Å². The zero-order valence-corrected chi connectivity index (χ0v) is 22.3. The van der Waals surface area contributed by atoms with Gasteiger partial charge in [-0.1, -0.05) is 6.08 Å². The Balaban J connectivity index is 1.74. The number of aliphatic carboxylic acids is 2. The summed E-state index contributed by atoms with van der Waals surface area (Å²) in [7, 11) is 1.56. The number of anilines is 1. The number of ether oxygens (including phenoxy) is 1. The molecule has 2 heterocycles. The number of benzene rings is 1. The Bertz CT molecular complexity index is 1310. The number of piperazine rings is 1. The number of hydrogen-bond donors (Lipinski definition) is 2. The highest BCUT2D eigenvalue weighted by molar-refractivity contribution is 6.05. The molecule has 2 aliphatic heterocycles. The fourth-order valence-corrected chi connectivity index (χ4v) is 6.43. The summed E-state index contributed by atoms with van der Waals surface area (Å²) in [6.45, 7) is 1.52. The van der Waals surface area contributed by atoms with E-state index in [-0.39, 0.29) is 47.4 Å². The fraction of sp³-hybridized carbons (Fsp3) is 0.536. The first-order valence-corrected chi connectivity index (χ1v) is 13.5. The lowest BCUT2D eigenvalue weighted by atomic mass is 9.59. The number of alkyl halides is 3. The van der Waals surface area contributed by atoms with Gasteiger partial charge in [0.25, 0.3) is 0 Å². The molecular weight excluding hydrogens is 548 g/mol. The second-order valence-electron chi connectivity index (χ2n) is 10.9. The zero-order valence-electron chi connectivity index (χ0n) is 22.3. The molecule has 4 aliphatic rings. The molecule has 4 atom stereocenters. The predicted octanol–water partition coefficient (Wildman–Crippen LogP) is 1.50. The van der Waals surface area contributed by atoms with Crippen LogP contribution in [0.1, 0.15) is 25.7 Å². The van der Waals surface area contributed by atoms with Gasteiger partial charge < -0.3 is 40.1 Å². The van der Waals surface area contributed by atoms with E-state index in [1.807, 2.05) is 0 Å². The molecule has 0 spiro atoms. The van der Waals surface area contributed by atoms with E-state index in [0.717, 1.165) is 12.1 Å². The van der Waals surface area contributed by atoms with Gasteiger partial charge in [-0.15, -0.1) is 0 Å². The van der Waals surface area contributed by atoms with Crippen molar-refractivity contribution >= 4 is 29.1 Å². The number of carboxylic acid groups (broad SMARTS) is 2. The van der Waals surface area contributed by atoms with Crippen molar-refractivity contribution in [3.8, 4) is 0 Å². The lowest BCUT2D eigenvalue weighted by Gasteiger charge is -2.49. The van der Waals surface area contributed by atoms with E-state index in [1.165, 1.54) is 18.2 Å². The Morgan fingerprint density at radius 3 is 2.66 bits per heavy atom. The van der Waals surface area contributed by atoms with E-state index >= 15 is 13.2 Å². The van der Waals surface area contributed by atoms with Crippen molar-refractivity contribution in [2.45, 2.75) is 37.9 Å². The number of allylic oxidation sites excluding steroid dienone is 2. The minimum absolute atomic E-state index is 0.0787. The maximum absolute atomic E-state index is 15.2. The molecule has 1 saturated carbocycles. The van der Waals surface area contributed by atoms with Crippen LogP contribution in [0.5, 0.6) is 0 Å². The molecule has 222 valence electrons. The van der Waals surface area contributed by atoms with Crippen molar-refractivity contribution in [3.05, 3.63) is 47.4 Å². The lowest BCUT2D eigenvalue weighted by Crippen LogP contribution is -2.58. The normalized spacial score (nSPS) is 26.9. The van der Waals surface area contributed by atoms with E-state index in [2.05, 4.69) is 10.6 Å². The molecule has 1 aromatic carbocycles. The summed E-state index contributed by atoms with van der Waals surface area (Å²) in [5.74, 6) is -9.23. The van der Waals surface area contributed by atoms with E-state index < -0.39 is 53.5 Å². The van der Waals surface area contributed by atoms with E-state index in [1.54, 1.807) is 12.0 Å². The third kappa shape index (κ3) is 5.44. The van der Waals surface area contributed by atoms with Crippen LogP contribution in [0.15, 0.2) is 46.6 Å².